The molecule has 0 bridgehead atoms. The standard InChI is InChI=1S/C23H24O12.ClH/c1-31-14-3-9(4-15(32-2)18(14)27)22-16(7-11-12(26)5-10(25)6-13(11)33-22)34-23-21(30)20(29)19(28)17(8-24)35-23;/h3-7,17,19-21,23-24,28-30H,8H2,1-2H3,(H2-,25,26,27);1H/t17-,19+,20-,21-,23?;/m1./s1. The SMILES string of the molecule is COc1cc(-c2[o+]c3cc(O)cc(O)c3cc2OC2O[C@H](CO)[C@H](O)[C@@H](O)[C@H]2O)cc(OC)c1O.[Cl-]. The zero-order valence-electron chi connectivity index (χ0n) is 19.0. The molecule has 1 fully saturated rings. The molecule has 12 nitrogen and oxygen atoms in total. The number of hydrogen-bond donors (Lipinski definition) is 7. The first-order chi connectivity index (χ1) is 16.7. The van der Waals surface area contributed by atoms with E-state index in [1.54, 1.807) is 0 Å². The molecule has 1 aliphatic rings. The van der Waals surface area contributed by atoms with Gasteiger partial charge in [-0.25, -0.2) is 4.42 Å². The van der Waals surface area contributed by atoms with Crippen LogP contribution in [0.2, 0.25) is 0 Å². The van der Waals surface area contributed by atoms with Crippen molar-refractivity contribution in [2.75, 3.05) is 20.8 Å². The van der Waals surface area contributed by atoms with Gasteiger partial charge >= 0.3 is 11.3 Å². The Morgan fingerprint density at radius 3 is 2.08 bits per heavy atom. The average molecular weight is 529 g/mol. The van der Waals surface area contributed by atoms with Crippen molar-refractivity contribution in [2.24, 2.45) is 0 Å². The van der Waals surface area contributed by atoms with Gasteiger partial charge in [-0.1, -0.05) is 0 Å². The highest BCUT2D eigenvalue weighted by Gasteiger charge is 2.45. The molecule has 13 heteroatoms. The monoisotopic (exact) mass is 528 g/mol. The molecule has 0 saturated carbocycles. The van der Waals surface area contributed by atoms with Crippen molar-refractivity contribution in [3.05, 3.63) is 30.3 Å². The Morgan fingerprint density at radius 1 is 0.861 bits per heavy atom. The number of benzene rings is 2. The van der Waals surface area contributed by atoms with Crippen LogP contribution in [0.3, 0.4) is 0 Å². The van der Waals surface area contributed by atoms with E-state index in [1.165, 1.54) is 38.5 Å². The van der Waals surface area contributed by atoms with Gasteiger partial charge in [0.1, 0.15) is 41.3 Å². The zero-order chi connectivity index (χ0) is 25.4. The summed E-state index contributed by atoms with van der Waals surface area (Å²) in [5, 5.41) is 70.7. The van der Waals surface area contributed by atoms with Crippen LogP contribution in [0.25, 0.3) is 22.3 Å². The number of fused-ring (bicyclic) bond motifs is 1. The number of aliphatic hydroxyl groups is 4. The summed E-state index contributed by atoms with van der Waals surface area (Å²) in [6, 6.07) is 6.50. The van der Waals surface area contributed by atoms with Crippen LogP contribution in [0.4, 0.5) is 0 Å². The van der Waals surface area contributed by atoms with Gasteiger partial charge in [-0.05, 0) is 0 Å². The van der Waals surface area contributed by atoms with E-state index in [4.69, 9.17) is 23.4 Å². The summed E-state index contributed by atoms with van der Waals surface area (Å²) in [5.74, 6) is -0.928. The Hall–Kier alpha value is -3.26. The van der Waals surface area contributed by atoms with Crippen LogP contribution in [0, 0.1) is 0 Å². The fraction of sp³-hybridized carbons (Fsp3) is 0.348. The van der Waals surface area contributed by atoms with Crippen molar-refractivity contribution < 1.29 is 71.5 Å². The lowest BCUT2D eigenvalue weighted by molar-refractivity contribution is -0.277. The molecule has 0 amide bonds. The molecule has 2 heterocycles. The summed E-state index contributed by atoms with van der Waals surface area (Å²) in [4.78, 5) is 0. The normalized spacial score (nSPS) is 23.7. The molecular weight excluding hydrogens is 504 g/mol. The third-order valence-corrected chi connectivity index (χ3v) is 5.65. The number of halogens is 1. The van der Waals surface area contributed by atoms with Gasteiger partial charge in [0.2, 0.25) is 17.8 Å². The molecule has 196 valence electrons. The minimum atomic E-state index is -1.71. The summed E-state index contributed by atoms with van der Waals surface area (Å²) in [5.41, 5.74) is 0.325. The van der Waals surface area contributed by atoms with E-state index < -0.39 is 37.3 Å². The minimum absolute atomic E-state index is 0. The first kappa shape index (κ1) is 27.3. The number of rotatable bonds is 6. The van der Waals surface area contributed by atoms with Crippen LogP contribution >= 0.6 is 0 Å². The second kappa shape index (κ2) is 10.8. The van der Waals surface area contributed by atoms with Gasteiger partial charge in [0.25, 0.3) is 0 Å². The van der Waals surface area contributed by atoms with Gasteiger partial charge in [0, 0.05) is 24.3 Å². The molecule has 1 aromatic heterocycles. The van der Waals surface area contributed by atoms with E-state index in [0.29, 0.717) is 0 Å². The molecule has 5 atom stereocenters. The highest BCUT2D eigenvalue weighted by Crippen LogP contribution is 2.45. The van der Waals surface area contributed by atoms with E-state index in [2.05, 4.69) is 0 Å². The molecule has 3 aromatic rings. The van der Waals surface area contributed by atoms with Crippen molar-refractivity contribution in [3.8, 4) is 45.8 Å². The summed E-state index contributed by atoms with van der Waals surface area (Å²) in [6.45, 7) is -0.661. The predicted octanol–water partition coefficient (Wildman–Crippen LogP) is -2.30. The van der Waals surface area contributed by atoms with Crippen LogP contribution in [0.15, 0.2) is 34.7 Å². The minimum Gasteiger partial charge on any atom is -1.00 e. The Balaban J connectivity index is 0.00000361. The van der Waals surface area contributed by atoms with Gasteiger partial charge < -0.3 is 67.1 Å². The first-order valence-electron chi connectivity index (χ1n) is 10.4. The number of hydrogen-bond acceptors (Lipinski definition) is 11. The third kappa shape index (κ3) is 4.87. The summed E-state index contributed by atoms with van der Waals surface area (Å²) >= 11 is 0. The fourth-order valence-electron chi connectivity index (χ4n) is 3.79. The number of phenols is 3. The maximum atomic E-state index is 10.4. The van der Waals surface area contributed by atoms with Crippen molar-refractivity contribution in [3.63, 3.8) is 0 Å². The van der Waals surface area contributed by atoms with Crippen LogP contribution in [0.1, 0.15) is 0 Å². The topological polar surface area (TPSA) is 190 Å². The molecule has 4 rings (SSSR count). The lowest BCUT2D eigenvalue weighted by Gasteiger charge is -2.39. The van der Waals surface area contributed by atoms with Crippen molar-refractivity contribution in [1.82, 2.24) is 0 Å². The van der Waals surface area contributed by atoms with Gasteiger partial charge in [0.15, 0.2) is 11.5 Å². The smallest absolute Gasteiger partial charge is 0.402 e. The predicted molar refractivity (Wildman–Crippen MR) is 119 cm³/mol. The van der Waals surface area contributed by atoms with Gasteiger partial charge in [-0.3, -0.25) is 0 Å². The van der Waals surface area contributed by atoms with Gasteiger partial charge in [-0.2, -0.15) is 0 Å². The zero-order valence-corrected chi connectivity index (χ0v) is 19.8. The Labute approximate surface area is 210 Å². The quantitative estimate of drug-likeness (QED) is 0.170. The second-order valence-electron chi connectivity index (χ2n) is 7.86. The van der Waals surface area contributed by atoms with Crippen LogP contribution in [-0.4, -0.2) is 87.3 Å². The second-order valence-corrected chi connectivity index (χ2v) is 7.86. The maximum absolute atomic E-state index is 10.4. The maximum Gasteiger partial charge on any atom is 0.402 e. The molecule has 0 aliphatic carbocycles. The lowest BCUT2D eigenvalue weighted by atomic mass is 9.99. The number of aromatic hydroxyl groups is 3. The van der Waals surface area contributed by atoms with Crippen LogP contribution in [0.5, 0.6) is 34.5 Å². The molecule has 2 aromatic carbocycles. The van der Waals surface area contributed by atoms with Gasteiger partial charge in [0.05, 0.1) is 32.5 Å². The van der Waals surface area contributed by atoms with E-state index in [0.717, 1.165) is 6.07 Å². The molecular formula is C23H25ClO12. The van der Waals surface area contributed by atoms with Crippen LogP contribution < -0.4 is 26.6 Å². The summed E-state index contributed by atoms with van der Waals surface area (Å²) in [6.07, 6.45) is -7.77. The number of aliphatic hydroxyl groups excluding tert-OH is 4. The number of methoxy groups -OCH3 is 2. The van der Waals surface area contributed by atoms with E-state index >= 15 is 0 Å². The molecule has 36 heavy (non-hydrogen) atoms. The van der Waals surface area contributed by atoms with E-state index in [1.807, 2.05) is 0 Å². The van der Waals surface area contributed by atoms with Crippen molar-refractivity contribution in [2.45, 2.75) is 30.7 Å². The van der Waals surface area contributed by atoms with Crippen LogP contribution in [-0.2, 0) is 4.74 Å². The molecule has 0 radical (unpaired) electrons. The summed E-state index contributed by atoms with van der Waals surface area (Å²) in [7, 11) is 2.66. The molecule has 1 aliphatic heterocycles. The molecule has 0 spiro atoms. The Kier molecular flexibility index (Phi) is 8.19. The highest BCUT2D eigenvalue weighted by molar-refractivity contribution is 5.88. The largest absolute Gasteiger partial charge is 1.00 e. The van der Waals surface area contributed by atoms with Gasteiger partial charge in [-0.15, -0.1) is 0 Å². The lowest BCUT2D eigenvalue weighted by Crippen LogP contribution is -3.00. The highest BCUT2D eigenvalue weighted by atomic mass is 35.5. The van der Waals surface area contributed by atoms with E-state index in [9.17, 15) is 35.7 Å². The molecule has 7 N–H and O–H groups in total. The fourth-order valence-corrected chi connectivity index (χ4v) is 3.79. The van der Waals surface area contributed by atoms with E-state index in [-0.39, 0.29) is 69.2 Å². The molecule has 1 unspecified atom stereocenters. The average Bonchev–Trinajstić information content (AvgIpc) is 2.84. The number of ether oxygens (including phenoxy) is 4. The van der Waals surface area contributed by atoms with Crippen molar-refractivity contribution in [1.29, 1.82) is 0 Å². The van der Waals surface area contributed by atoms with Crippen molar-refractivity contribution >= 4 is 11.0 Å². The third-order valence-electron chi connectivity index (χ3n) is 5.65. The Morgan fingerprint density at radius 2 is 1.50 bits per heavy atom. The molecule has 1 saturated heterocycles. The number of phenolic OH excluding ortho intramolecular Hbond substituents is 3. The Bertz CT molecular complexity index is 1210. The first-order valence-corrected chi connectivity index (χ1v) is 10.4. The summed E-state index contributed by atoms with van der Waals surface area (Å²) < 4.78 is 27.5.